The monoisotopic (exact) mass is 429 g/mol. The molecule has 3 N–H and O–H groups in total. The number of nitrogens with zero attached hydrogens (tertiary/aromatic N) is 1. The summed E-state index contributed by atoms with van der Waals surface area (Å²) < 4.78 is 22.4. The third-order valence-electron chi connectivity index (χ3n) is 5.16. The normalized spacial score (nSPS) is 13.0. The number of primary sulfonamides is 1. The lowest BCUT2D eigenvalue weighted by Gasteiger charge is -2.16. The maximum absolute atomic E-state index is 11.2. The number of aromatic amines is 1. The van der Waals surface area contributed by atoms with Gasteiger partial charge in [-0.25, -0.2) is 13.6 Å². The summed E-state index contributed by atoms with van der Waals surface area (Å²) in [5, 5.41) is 14.3. The summed E-state index contributed by atoms with van der Waals surface area (Å²) in [6.45, 7) is 2.15. The van der Waals surface area contributed by atoms with Crippen LogP contribution in [0.2, 0.25) is 0 Å². The molecule has 4 aromatic rings. The van der Waals surface area contributed by atoms with Crippen molar-refractivity contribution in [2.24, 2.45) is 5.14 Å². The zero-order valence-electron chi connectivity index (χ0n) is 17.1. The molecule has 0 fully saturated rings. The fraction of sp³-hybridized carbons (Fsp3) is 0.0800. The first-order valence-electron chi connectivity index (χ1n) is 9.98. The molecule has 5 nitrogen and oxygen atoms in total. The molecule has 0 saturated heterocycles. The average molecular weight is 430 g/mol. The molecule has 0 bridgehead atoms. The second kappa shape index (κ2) is 8.71. The highest BCUT2D eigenvalue weighted by molar-refractivity contribution is 7.92. The lowest BCUT2D eigenvalue weighted by atomic mass is 9.87. The highest BCUT2D eigenvalue weighted by Gasteiger charge is 2.14. The van der Waals surface area contributed by atoms with Crippen molar-refractivity contribution in [3.8, 4) is 0 Å². The Hall–Kier alpha value is -3.48. The predicted molar refractivity (Wildman–Crippen MR) is 127 cm³/mol. The molecule has 31 heavy (non-hydrogen) atoms. The fourth-order valence-electron chi connectivity index (χ4n) is 3.71. The zero-order valence-corrected chi connectivity index (χ0v) is 17.9. The van der Waals surface area contributed by atoms with E-state index in [1.54, 1.807) is 0 Å². The van der Waals surface area contributed by atoms with Gasteiger partial charge in [-0.1, -0.05) is 67.6 Å². The van der Waals surface area contributed by atoms with Gasteiger partial charge in [0.05, 0.1) is 11.7 Å². The number of hydrogen-bond acceptors (Lipinski definition) is 3. The first-order valence-corrected chi connectivity index (χ1v) is 11.6. The minimum Gasteiger partial charge on any atom is -0.278 e. The van der Waals surface area contributed by atoms with E-state index in [4.69, 9.17) is 5.14 Å². The molecular formula is C25H23N3O2S. The van der Waals surface area contributed by atoms with E-state index < -0.39 is 10.0 Å². The molecule has 0 saturated carbocycles. The van der Waals surface area contributed by atoms with E-state index in [9.17, 15) is 8.42 Å². The predicted octanol–water partition coefficient (Wildman–Crippen LogP) is 5.19. The molecule has 1 heterocycles. The summed E-state index contributed by atoms with van der Waals surface area (Å²) in [5.41, 5.74) is 7.45. The molecule has 0 aliphatic heterocycles. The molecule has 3 aromatic carbocycles. The number of H-pyrrole nitrogens is 1. The van der Waals surface area contributed by atoms with Gasteiger partial charge in [0, 0.05) is 10.8 Å². The molecular weight excluding hydrogens is 406 g/mol. The van der Waals surface area contributed by atoms with Crippen molar-refractivity contribution < 1.29 is 8.42 Å². The molecule has 0 amide bonds. The number of sulfonamides is 1. The van der Waals surface area contributed by atoms with Crippen LogP contribution in [-0.4, -0.2) is 18.6 Å². The zero-order chi connectivity index (χ0) is 21.8. The van der Waals surface area contributed by atoms with Gasteiger partial charge in [0.1, 0.15) is 0 Å². The number of nitrogens with one attached hydrogen (secondary N) is 1. The van der Waals surface area contributed by atoms with Crippen molar-refractivity contribution in [2.45, 2.75) is 13.3 Å². The number of benzene rings is 3. The van der Waals surface area contributed by atoms with Gasteiger partial charge in [0.15, 0.2) is 0 Å². The maximum Gasteiger partial charge on any atom is 0.231 e. The van der Waals surface area contributed by atoms with Crippen LogP contribution in [0.1, 0.15) is 35.6 Å². The highest BCUT2D eigenvalue weighted by Crippen LogP contribution is 2.35. The molecule has 0 unspecified atom stereocenters. The van der Waals surface area contributed by atoms with E-state index in [-0.39, 0.29) is 0 Å². The Morgan fingerprint density at radius 3 is 2.35 bits per heavy atom. The smallest absolute Gasteiger partial charge is 0.231 e. The van der Waals surface area contributed by atoms with E-state index in [1.165, 1.54) is 17.2 Å². The number of allylic oxidation sites excluding steroid dienone is 1. The van der Waals surface area contributed by atoms with Crippen molar-refractivity contribution in [3.05, 3.63) is 107 Å². The summed E-state index contributed by atoms with van der Waals surface area (Å²) in [7, 11) is -3.66. The molecule has 6 heteroatoms. The minimum absolute atomic E-state index is 0.764. The number of fused-ring (bicyclic) bond motifs is 1. The third kappa shape index (κ3) is 4.82. The van der Waals surface area contributed by atoms with Gasteiger partial charge in [-0.05, 0) is 58.0 Å². The summed E-state index contributed by atoms with van der Waals surface area (Å²) in [5.74, 6) is 0. The number of rotatable bonds is 6. The van der Waals surface area contributed by atoms with Crippen LogP contribution in [0.15, 0.2) is 84.4 Å². The molecule has 0 aliphatic rings. The summed E-state index contributed by atoms with van der Waals surface area (Å²) >= 11 is 0. The van der Waals surface area contributed by atoms with E-state index in [1.807, 2.05) is 54.7 Å². The van der Waals surface area contributed by atoms with E-state index in [0.29, 0.717) is 0 Å². The molecule has 0 atom stereocenters. The van der Waals surface area contributed by atoms with E-state index in [0.717, 1.165) is 45.0 Å². The van der Waals surface area contributed by atoms with Gasteiger partial charge in [0.2, 0.25) is 10.0 Å². The summed E-state index contributed by atoms with van der Waals surface area (Å²) in [6, 6.07) is 24.4. The Balaban J connectivity index is 1.88. The average Bonchev–Trinajstić information content (AvgIpc) is 3.24. The second-order valence-corrected chi connectivity index (χ2v) is 8.71. The SMILES string of the molecule is CCC(=C(c1ccc(/C=C/S(N)(=O)=O)cc1)c1ccc2[nH]ncc2c1)c1ccccc1. The van der Waals surface area contributed by atoms with Gasteiger partial charge < -0.3 is 0 Å². The summed E-state index contributed by atoms with van der Waals surface area (Å²) in [6.07, 6.45) is 4.18. The van der Waals surface area contributed by atoms with Gasteiger partial charge in [-0.2, -0.15) is 5.10 Å². The Bertz CT molecular complexity index is 1370. The van der Waals surface area contributed by atoms with Gasteiger partial charge in [-0.3, -0.25) is 5.10 Å². The first kappa shape index (κ1) is 20.8. The van der Waals surface area contributed by atoms with Crippen LogP contribution in [0.5, 0.6) is 0 Å². The van der Waals surface area contributed by atoms with Crippen LogP contribution in [0.4, 0.5) is 0 Å². The number of aromatic nitrogens is 2. The maximum atomic E-state index is 11.2. The van der Waals surface area contributed by atoms with Crippen LogP contribution in [0, 0.1) is 0 Å². The minimum atomic E-state index is -3.66. The van der Waals surface area contributed by atoms with Crippen molar-refractivity contribution in [1.29, 1.82) is 0 Å². The van der Waals surface area contributed by atoms with Crippen LogP contribution in [0.25, 0.3) is 28.1 Å². The largest absolute Gasteiger partial charge is 0.278 e. The third-order valence-corrected chi connectivity index (χ3v) is 5.67. The second-order valence-electron chi connectivity index (χ2n) is 7.26. The molecule has 156 valence electrons. The van der Waals surface area contributed by atoms with Crippen LogP contribution in [0.3, 0.4) is 0 Å². The quantitative estimate of drug-likeness (QED) is 0.413. The van der Waals surface area contributed by atoms with Crippen molar-refractivity contribution >= 4 is 38.1 Å². The standard InChI is InChI=1S/C25H23N3O2S/c1-2-23(19-6-4-3-5-7-19)25(21-12-13-24-22(16-21)17-27-28-24)20-10-8-18(9-11-20)14-15-31(26,29)30/h3-17H,2H2,1H3,(H,27,28)(H2,26,29,30)/b15-14+,25-23?. The van der Waals surface area contributed by atoms with E-state index in [2.05, 4.69) is 41.4 Å². The Morgan fingerprint density at radius 1 is 0.968 bits per heavy atom. The lowest BCUT2D eigenvalue weighted by Crippen LogP contribution is -2.06. The van der Waals surface area contributed by atoms with Crippen LogP contribution < -0.4 is 5.14 Å². The van der Waals surface area contributed by atoms with Gasteiger partial charge in [-0.15, -0.1) is 0 Å². The molecule has 0 spiro atoms. The first-order chi connectivity index (χ1) is 14.9. The topological polar surface area (TPSA) is 88.8 Å². The van der Waals surface area contributed by atoms with E-state index >= 15 is 0 Å². The molecule has 4 rings (SSSR count). The van der Waals surface area contributed by atoms with Crippen molar-refractivity contribution in [1.82, 2.24) is 10.2 Å². The molecule has 1 aromatic heterocycles. The molecule has 0 aliphatic carbocycles. The number of nitrogens with two attached hydrogens (primary N) is 1. The number of hydrogen-bond donors (Lipinski definition) is 2. The Morgan fingerprint density at radius 2 is 1.68 bits per heavy atom. The van der Waals surface area contributed by atoms with Gasteiger partial charge >= 0.3 is 0 Å². The van der Waals surface area contributed by atoms with Gasteiger partial charge in [0.25, 0.3) is 0 Å². The van der Waals surface area contributed by atoms with Crippen molar-refractivity contribution in [3.63, 3.8) is 0 Å². The Kier molecular flexibility index (Phi) is 5.84. The highest BCUT2D eigenvalue weighted by atomic mass is 32.2. The lowest BCUT2D eigenvalue weighted by molar-refractivity contribution is 0.606. The fourth-order valence-corrected chi connectivity index (χ4v) is 4.06. The molecule has 0 radical (unpaired) electrons. The Labute approximate surface area is 182 Å². The van der Waals surface area contributed by atoms with Crippen LogP contribution >= 0.6 is 0 Å². The van der Waals surface area contributed by atoms with Crippen molar-refractivity contribution in [2.75, 3.05) is 0 Å². The summed E-state index contributed by atoms with van der Waals surface area (Å²) in [4.78, 5) is 0. The van der Waals surface area contributed by atoms with Crippen LogP contribution in [-0.2, 0) is 10.0 Å².